The first-order valence-corrected chi connectivity index (χ1v) is 8.50. The molecule has 1 atom stereocenters. The number of urea groups is 1. The number of hydrogen-bond donors (Lipinski definition) is 3. The maximum absolute atomic E-state index is 12.1. The van der Waals surface area contributed by atoms with Crippen LogP contribution in [-0.4, -0.2) is 27.8 Å². The van der Waals surface area contributed by atoms with Gasteiger partial charge in [-0.15, -0.1) is 11.3 Å². The molecule has 6 nitrogen and oxygen atoms in total. The van der Waals surface area contributed by atoms with E-state index in [1.807, 2.05) is 43.5 Å². The van der Waals surface area contributed by atoms with Crippen molar-refractivity contribution in [2.45, 2.75) is 19.8 Å². The molecule has 0 spiro atoms. The van der Waals surface area contributed by atoms with E-state index in [0.29, 0.717) is 6.54 Å². The van der Waals surface area contributed by atoms with E-state index in [1.54, 1.807) is 17.5 Å². The zero-order valence-corrected chi connectivity index (χ0v) is 14.4. The van der Waals surface area contributed by atoms with Crippen molar-refractivity contribution in [3.05, 3.63) is 52.6 Å². The zero-order valence-electron chi connectivity index (χ0n) is 13.5. The summed E-state index contributed by atoms with van der Waals surface area (Å²) in [7, 11) is 0. The van der Waals surface area contributed by atoms with Crippen molar-refractivity contribution >= 4 is 23.1 Å². The molecule has 124 valence electrons. The van der Waals surface area contributed by atoms with Crippen molar-refractivity contribution in [3.63, 3.8) is 0 Å². The SMILES string of the molecule is Cc1cnc(C(C)CNC(=O)Nc2cccc(-c3ccn[nH]3)c2)s1. The monoisotopic (exact) mass is 341 g/mol. The third kappa shape index (κ3) is 3.99. The maximum Gasteiger partial charge on any atom is 0.319 e. The standard InChI is InChI=1S/C17H19N5OS/c1-11(16-18-10-12(2)24-16)9-19-17(23)21-14-5-3-4-13(8-14)15-6-7-20-22-15/h3-8,10-11H,9H2,1-2H3,(H,20,22)(H2,19,21,23). The summed E-state index contributed by atoms with van der Waals surface area (Å²) in [4.78, 5) is 17.6. The molecule has 2 aromatic heterocycles. The summed E-state index contributed by atoms with van der Waals surface area (Å²) < 4.78 is 0. The highest BCUT2D eigenvalue weighted by atomic mass is 32.1. The van der Waals surface area contributed by atoms with E-state index in [9.17, 15) is 4.79 Å². The highest BCUT2D eigenvalue weighted by molar-refractivity contribution is 7.11. The van der Waals surface area contributed by atoms with Crippen molar-refractivity contribution in [2.24, 2.45) is 0 Å². The normalized spacial score (nSPS) is 11.9. The van der Waals surface area contributed by atoms with Gasteiger partial charge >= 0.3 is 6.03 Å². The molecule has 7 heteroatoms. The Morgan fingerprint density at radius 1 is 1.38 bits per heavy atom. The summed E-state index contributed by atoms with van der Waals surface area (Å²) in [6, 6.07) is 9.28. The number of aryl methyl sites for hydroxylation is 1. The Morgan fingerprint density at radius 2 is 2.25 bits per heavy atom. The van der Waals surface area contributed by atoms with Gasteiger partial charge < -0.3 is 10.6 Å². The molecule has 3 aromatic rings. The first-order valence-electron chi connectivity index (χ1n) is 7.69. The number of anilines is 1. The minimum absolute atomic E-state index is 0.186. The highest BCUT2D eigenvalue weighted by Gasteiger charge is 2.11. The molecule has 0 fully saturated rings. The lowest BCUT2D eigenvalue weighted by molar-refractivity contribution is 0.251. The molecule has 3 N–H and O–H groups in total. The molecule has 3 rings (SSSR count). The van der Waals surface area contributed by atoms with Crippen molar-refractivity contribution in [2.75, 3.05) is 11.9 Å². The summed E-state index contributed by atoms with van der Waals surface area (Å²) in [5.74, 6) is 0.186. The largest absolute Gasteiger partial charge is 0.337 e. The van der Waals surface area contributed by atoms with Gasteiger partial charge in [-0.1, -0.05) is 19.1 Å². The van der Waals surface area contributed by atoms with Crippen LogP contribution in [0.15, 0.2) is 42.7 Å². The van der Waals surface area contributed by atoms with Crippen LogP contribution in [-0.2, 0) is 0 Å². The summed E-state index contributed by atoms with van der Waals surface area (Å²) in [6.45, 7) is 4.62. The van der Waals surface area contributed by atoms with Gasteiger partial charge in [-0.3, -0.25) is 5.10 Å². The fourth-order valence-corrected chi connectivity index (χ4v) is 3.11. The summed E-state index contributed by atoms with van der Waals surface area (Å²) in [5, 5.41) is 13.6. The molecule has 0 aliphatic carbocycles. The van der Waals surface area contributed by atoms with Crippen molar-refractivity contribution in [3.8, 4) is 11.3 Å². The number of carbonyl (C=O) groups excluding carboxylic acids is 1. The van der Waals surface area contributed by atoms with Crippen molar-refractivity contribution < 1.29 is 4.79 Å². The Labute approximate surface area is 144 Å². The van der Waals surface area contributed by atoms with Gasteiger partial charge in [-0.2, -0.15) is 5.10 Å². The second kappa shape index (κ2) is 7.27. The number of nitrogens with one attached hydrogen (secondary N) is 3. The number of thiazole rings is 1. The lowest BCUT2D eigenvalue weighted by Gasteiger charge is -2.11. The van der Waals surface area contributed by atoms with E-state index in [1.165, 1.54) is 4.88 Å². The maximum atomic E-state index is 12.1. The number of aromatic nitrogens is 3. The van der Waals surface area contributed by atoms with Crippen LogP contribution in [0.4, 0.5) is 10.5 Å². The minimum atomic E-state index is -0.225. The molecule has 0 aliphatic heterocycles. The van der Waals surface area contributed by atoms with Crippen LogP contribution in [0.2, 0.25) is 0 Å². The second-order valence-corrected chi connectivity index (χ2v) is 6.86. The Balaban J connectivity index is 1.56. The molecule has 0 radical (unpaired) electrons. The second-order valence-electron chi connectivity index (χ2n) is 5.60. The third-order valence-corrected chi connectivity index (χ3v) is 4.71. The first-order chi connectivity index (χ1) is 11.6. The number of amides is 2. The number of carbonyl (C=O) groups is 1. The Bertz CT molecular complexity index is 812. The van der Waals surface area contributed by atoms with Crippen LogP contribution >= 0.6 is 11.3 Å². The van der Waals surface area contributed by atoms with Gasteiger partial charge in [0.1, 0.15) is 0 Å². The first kappa shape index (κ1) is 16.2. The molecule has 0 bridgehead atoms. The van der Waals surface area contributed by atoms with E-state index < -0.39 is 0 Å². The van der Waals surface area contributed by atoms with Crippen molar-refractivity contribution in [1.82, 2.24) is 20.5 Å². The van der Waals surface area contributed by atoms with Crippen LogP contribution < -0.4 is 10.6 Å². The Morgan fingerprint density at radius 3 is 2.96 bits per heavy atom. The quantitative estimate of drug-likeness (QED) is 0.660. The predicted octanol–water partition coefficient (Wildman–Crippen LogP) is 3.77. The lowest BCUT2D eigenvalue weighted by atomic mass is 10.1. The molecule has 1 unspecified atom stereocenters. The van der Waals surface area contributed by atoms with Crippen LogP contribution in [0, 0.1) is 6.92 Å². The fourth-order valence-electron chi connectivity index (χ4n) is 2.29. The average molecular weight is 341 g/mol. The van der Waals surface area contributed by atoms with Crippen LogP contribution in [0.3, 0.4) is 0 Å². The summed E-state index contributed by atoms with van der Waals surface area (Å²) in [6.07, 6.45) is 3.56. The van der Waals surface area contributed by atoms with Gasteiger partial charge in [0.25, 0.3) is 0 Å². The molecule has 0 saturated carbocycles. The number of aromatic amines is 1. The third-order valence-electron chi connectivity index (χ3n) is 3.56. The van der Waals surface area contributed by atoms with Gasteiger partial charge in [0.05, 0.1) is 10.7 Å². The lowest BCUT2D eigenvalue weighted by Crippen LogP contribution is -2.31. The molecular weight excluding hydrogens is 322 g/mol. The highest BCUT2D eigenvalue weighted by Crippen LogP contribution is 2.21. The number of rotatable bonds is 5. The summed E-state index contributed by atoms with van der Waals surface area (Å²) in [5.41, 5.74) is 2.61. The number of benzene rings is 1. The van der Waals surface area contributed by atoms with Gasteiger partial charge in [0.15, 0.2) is 0 Å². The Kier molecular flexibility index (Phi) is 4.90. The summed E-state index contributed by atoms with van der Waals surface area (Å²) >= 11 is 1.66. The van der Waals surface area contributed by atoms with E-state index >= 15 is 0 Å². The van der Waals surface area contributed by atoms with Gasteiger partial charge in [0.2, 0.25) is 0 Å². The van der Waals surface area contributed by atoms with Crippen molar-refractivity contribution in [1.29, 1.82) is 0 Å². The fraction of sp³-hybridized carbons (Fsp3) is 0.235. The van der Waals surface area contributed by atoms with Crippen LogP contribution in [0.5, 0.6) is 0 Å². The molecule has 0 saturated heterocycles. The molecular formula is C17H19N5OS. The molecule has 24 heavy (non-hydrogen) atoms. The van der Waals surface area contributed by atoms with Gasteiger partial charge in [-0.25, -0.2) is 9.78 Å². The number of H-pyrrole nitrogens is 1. The zero-order chi connectivity index (χ0) is 16.9. The number of hydrogen-bond acceptors (Lipinski definition) is 4. The van der Waals surface area contributed by atoms with Crippen LogP contribution in [0.25, 0.3) is 11.3 Å². The smallest absolute Gasteiger partial charge is 0.319 e. The topological polar surface area (TPSA) is 82.7 Å². The molecule has 0 aliphatic rings. The molecule has 1 aromatic carbocycles. The van der Waals surface area contributed by atoms with E-state index in [2.05, 4.69) is 32.7 Å². The molecule has 2 heterocycles. The predicted molar refractivity (Wildman–Crippen MR) is 96.3 cm³/mol. The van der Waals surface area contributed by atoms with E-state index in [-0.39, 0.29) is 11.9 Å². The average Bonchev–Trinajstić information content (AvgIpc) is 3.24. The van der Waals surface area contributed by atoms with Gasteiger partial charge in [0, 0.05) is 41.0 Å². The van der Waals surface area contributed by atoms with E-state index in [0.717, 1.165) is 22.0 Å². The van der Waals surface area contributed by atoms with Gasteiger partial charge in [-0.05, 0) is 25.1 Å². The van der Waals surface area contributed by atoms with E-state index in [4.69, 9.17) is 0 Å². The number of nitrogens with zero attached hydrogens (tertiary/aromatic N) is 2. The Hall–Kier alpha value is -2.67. The van der Waals surface area contributed by atoms with Crippen LogP contribution in [0.1, 0.15) is 22.7 Å². The minimum Gasteiger partial charge on any atom is -0.337 e. The molecule has 2 amide bonds.